The first kappa shape index (κ1) is 29.1. The number of hydrogen-bond acceptors (Lipinski definition) is 10. The number of anilines is 3. The number of nitrogens with one attached hydrogen (secondary N) is 3. The van der Waals surface area contributed by atoms with Gasteiger partial charge in [-0.25, -0.2) is 31.5 Å². The highest BCUT2D eigenvalue weighted by molar-refractivity contribution is 7.93. The summed E-state index contributed by atoms with van der Waals surface area (Å²) in [5.74, 6) is 0.0115. The Balaban J connectivity index is 1.54. The van der Waals surface area contributed by atoms with Gasteiger partial charge in [0, 0.05) is 41.8 Å². The SMILES string of the molecule is COc1cc(NS(=O)(=O)c2cc(C(=O)Nc3ccc(S(=O)(=O)Nc4ncccn4)cc3)ccc2OC)cc(OC)c1. The smallest absolute Gasteiger partial charge is 0.265 e. The lowest BCUT2D eigenvalue weighted by Crippen LogP contribution is -2.17. The minimum Gasteiger partial charge on any atom is -0.497 e. The van der Waals surface area contributed by atoms with Crippen molar-refractivity contribution in [1.29, 1.82) is 0 Å². The minimum atomic E-state index is -4.23. The van der Waals surface area contributed by atoms with Crippen LogP contribution >= 0.6 is 0 Å². The summed E-state index contributed by atoms with van der Waals surface area (Å²) in [5.41, 5.74) is 0.446. The number of nitrogens with zero attached hydrogens (tertiary/aromatic N) is 2. The second-order valence-electron chi connectivity index (χ2n) is 8.23. The van der Waals surface area contributed by atoms with Crippen LogP contribution in [-0.2, 0) is 20.0 Å². The van der Waals surface area contributed by atoms with Crippen LogP contribution in [0.25, 0.3) is 0 Å². The molecule has 214 valence electrons. The number of hydrogen-bond donors (Lipinski definition) is 3. The summed E-state index contributed by atoms with van der Waals surface area (Å²) >= 11 is 0. The zero-order chi connectivity index (χ0) is 29.6. The van der Waals surface area contributed by atoms with Gasteiger partial charge in [-0.1, -0.05) is 0 Å². The van der Waals surface area contributed by atoms with Gasteiger partial charge in [0.25, 0.3) is 26.0 Å². The van der Waals surface area contributed by atoms with E-state index in [0.717, 1.165) is 6.07 Å². The van der Waals surface area contributed by atoms with Gasteiger partial charge in [0.2, 0.25) is 5.95 Å². The Kier molecular flexibility index (Phi) is 8.59. The van der Waals surface area contributed by atoms with E-state index in [4.69, 9.17) is 14.2 Å². The summed E-state index contributed by atoms with van der Waals surface area (Å²) in [5, 5.41) is 2.61. The maximum Gasteiger partial charge on any atom is 0.265 e. The van der Waals surface area contributed by atoms with E-state index < -0.39 is 26.0 Å². The molecule has 0 aliphatic carbocycles. The van der Waals surface area contributed by atoms with Crippen molar-refractivity contribution in [3.05, 3.63) is 84.7 Å². The molecule has 3 N–H and O–H groups in total. The molecule has 4 rings (SSSR count). The summed E-state index contributed by atoms with van der Waals surface area (Å²) in [7, 11) is -4.03. The molecule has 0 saturated carbocycles. The third-order valence-corrected chi connectivity index (χ3v) is 8.28. The Hall–Kier alpha value is -4.89. The second-order valence-corrected chi connectivity index (χ2v) is 11.6. The predicted molar refractivity (Wildman–Crippen MR) is 151 cm³/mol. The summed E-state index contributed by atoms with van der Waals surface area (Å²) in [4.78, 5) is 20.3. The number of carbonyl (C=O) groups is 1. The van der Waals surface area contributed by atoms with Crippen molar-refractivity contribution in [2.75, 3.05) is 36.1 Å². The second kappa shape index (κ2) is 12.1. The summed E-state index contributed by atoms with van der Waals surface area (Å²) in [6.07, 6.45) is 2.79. The molecule has 41 heavy (non-hydrogen) atoms. The maximum atomic E-state index is 13.3. The number of ether oxygens (including phenoxy) is 3. The minimum absolute atomic E-state index is 0.00775. The molecule has 0 saturated heterocycles. The van der Waals surface area contributed by atoms with Gasteiger partial charge in [-0.15, -0.1) is 0 Å². The molecule has 0 aliphatic rings. The van der Waals surface area contributed by atoms with Gasteiger partial charge in [-0.3, -0.25) is 9.52 Å². The Morgan fingerprint density at radius 3 is 1.93 bits per heavy atom. The Bertz CT molecular complexity index is 1740. The van der Waals surface area contributed by atoms with Gasteiger partial charge < -0.3 is 19.5 Å². The Labute approximate surface area is 236 Å². The zero-order valence-corrected chi connectivity index (χ0v) is 23.6. The average Bonchev–Trinajstić information content (AvgIpc) is 2.96. The Morgan fingerprint density at radius 1 is 0.707 bits per heavy atom. The average molecular weight is 600 g/mol. The topological polar surface area (TPSA) is 175 Å². The fraction of sp³-hybridized carbons (Fsp3) is 0.115. The molecule has 13 nitrogen and oxygen atoms in total. The first-order valence-corrected chi connectivity index (χ1v) is 14.7. The van der Waals surface area contributed by atoms with Crippen molar-refractivity contribution in [2.45, 2.75) is 9.79 Å². The molecule has 0 fully saturated rings. The van der Waals surface area contributed by atoms with Gasteiger partial charge in [0.15, 0.2) is 0 Å². The van der Waals surface area contributed by atoms with Gasteiger partial charge in [0.05, 0.1) is 31.9 Å². The summed E-state index contributed by atoms with van der Waals surface area (Å²) in [6, 6.07) is 15.3. The quantitative estimate of drug-likeness (QED) is 0.232. The van der Waals surface area contributed by atoms with Crippen LogP contribution in [0.15, 0.2) is 88.9 Å². The van der Waals surface area contributed by atoms with E-state index in [1.807, 2.05) is 0 Å². The number of benzene rings is 3. The number of amides is 1. The number of methoxy groups -OCH3 is 3. The molecule has 1 heterocycles. The molecule has 0 radical (unpaired) electrons. The van der Waals surface area contributed by atoms with E-state index in [-0.39, 0.29) is 38.4 Å². The Morgan fingerprint density at radius 2 is 1.34 bits per heavy atom. The number of aromatic nitrogens is 2. The monoisotopic (exact) mass is 599 g/mol. The van der Waals surface area contributed by atoms with Crippen molar-refractivity contribution in [3.8, 4) is 17.2 Å². The van der Waals surface area contributed by atoms with Crippen molar-refractivity contribution in [1.82, 2.24) is 9.97 Å². The largest absolute Gasteiger partial charge is 0.497 e. The van der Waals surface area contributed by atoms with Crippen molar-refractivity contribution < 1.29 is 35.8 Å². The van der Waals surface area contributed by atoms with E-state index in [1.54, 1.807) is 12.1 Å². The molecule has 4 aromatic rings. The first-order chi connectivity index (χ1) is 19.5. The molecule has 0 unspecified atom stereocenters. The fourth-order valence-corrected chi connectivity index (χ4v) is 5.75. The van der Waals surface area contributed by atoms with Crippen LogP contribution < -0.4 is 29.0 Å². The van der Waals surface area contributed by atoms with Gasteiger partial charge in [-0.2, -0.15) is 0 Å². The molecule has 0 aliphatic heterocycles. The number of rotatable bonds is 11. The van der Waals surface area contributed by atoms with Crippen LogP contribution in [0.4, 0.5) is 17.3 Å². The van der Waals surface area contributed by atoms with Crippen LogP contribution in [0.1, 0.15) is 10.4 Å². The highest BCUT2D eigenvalue weighted by Crippen LogP contribution is 2.31. The van der Waals surface area contributed by atoms with E-state index in [0.29, 0.717) is 11.5 Å². The lowest BCUT2D eigenvalue weighted by Gasteiger charge is -2.14. The maximum absolute atomic E-state index is 13.3. The number of sulfonamides is 2. The third kappa shape index (κ3) is 7.01. The van der Waals surface area contributed by atoms with Crippen molar-refractivity contribution in [3.63, 3.8) is 0 Å². The molecule has 0 spiro atoms. The van der Waals surface area contributed by atoms with Crippen molar-refractivity contribution >= 4 is 43.3 Å². The van der Waals surface area contributed by atoms with Gasteiger partial charge in [-0.05, 0) is 48.5 Å². The first-order valence-electron chi connectivity index (χ1n) is 11.7. The highest BCUT2D eigenvalue weighted by Gasteiger charge is 2.23. The fourth-order valence-electron chi connectivity index (χ4n) is 3.56. The molecular weight excluding hydrogens is 574 g/mol. The molecule has 1 amide bonds. The van der Waals surface area contributed by atoms with Crippen LogP contribution in [-0.4, -0.2) is 54.0 Å². The van der Waals surface area contributed by atoms with Crippen LogP contribution in [0.2, 0.25) is 0 Å². The summed E-state index contributed by atoms with van der Waals surface area (Å²) in [6.45, 7) is 0. The molecule has 0 bridgehead atoms. The van der Waals surface area contributed by atoms with Crippen LogP contribution in [0.3, 0.4) is 0 Å². The third-order valence-electron chi connectivity index (χ3n) is 5.53. The molecule has 1 aromatic heterocycles. The van der Waals surface area contributed by atoms with E-state index in [1.165, 1.54) is 82.3 Å². The van der Waals surface area contributed by atoms with E-state index >= 15 is 0 Å². The van der Waals surface area contributed by atoms with Crippen LogP contribution in [0.5, 0.6) is 17.2 Å². The molecule has 0 atom stereocenters. The van der Waals surface area contributed by atoms with Gasteiger partial charge in [0.1, 0.15) is 22.1 Å². The van der Waals surface area contributed by atoms with Crippen molar-refractivity contribution in [2.24, 2.45) is 0 Å². The van der Waals surface area contributed by atoms with Gasteiger partial charge >= 0.3 is 0 Å². The normalized spacial score (nSPS) is 11.3. The molecule has 15 heteroatoms. The van der Waals surface area contributed by atoms with E-state index in [9.17, 15) is 21.6 Å². The lowest BCUT2D eigenvalue weighted by molar-refractivity contribution is 0.102. The number of carbonyl (C=O) groups excluding carboxylic acids is 1. The zero-order valence-electron chi connectivity index (χ0n) is 22.0. The summed E-state index contributed by atoms with van der Waals surface area (Å²) < 4.78 is 72.1. The highest BCUT2D eigenvalue weighted by atomic mass is 32.2. The predicted octanol–water partition coefficient (Wildman–Crippen LogP) is 3.36. The molecular formula is C26H25N5O8S2. The standard InChI is InChI=1S/C26H25N5O8S2/c1-37-20-14-19(15-21(16-20)38-2)30-41(35,36)24-13-17(5-10-23(24)39-3)25(32)29-18-6-8-22(9-7-18)40(33,34)31-26-27-11-4-12-28-26/h4-16,30H,1-3H3,(H,29,32)(H,27,28,31). The molecule has 3 aromatic carbocycles. The van der Waals surface area contributed by atoms with Crippen LogP contribution in [0, 0.1) is 0 Å². The lowest BCUT2D eigenvalue weighted by atomic mass is 10.2. The van der Waals surface area contributed by atoms with E-state index in [2.05, 4.69) is 24.7 Å².